The lowest BCUT2D eigenvalue weighted by Gasteiger charge is -2.14. The number of fused-ring (bicyclic) bond motifs is 1. The van der Waals surface area contributed by atoms with Crippen LogP contribution in [0.5, 0.6) is 0 Å². The third kappa shape index (κ3) is 3.51. The highest BCUT2D eigenvalue weighted by atomic mass is 32.2. The molecule has 1 aliphatic rings. The van der Waals surface area contributed by atoms with Gasteiger partial charge in [0, 0.05) is 19.2 Å². The van der Waals surface area contributed by atoms with Crippen LogP contribution in [0.15, 0.2) is 45.1 Å². The van der Waals surface area contributed by atoms with Crippen LogP contribution in [-0.2, 0) is 27.8 Å². The van der Waals surface area contributed by atoms with Crippen molar-refractivity contribution in [1.29, 1.82) is 0 Å². The number of amides is 1. The van der Waals surface area contributed by atoms with E-state index < -0.39 is 10.0 Å². The van der Waals surface area contributed by atoms with Crippen LogP contribution in [0, 0.1) is 0 Å². The predicted molar refractivity (Wildman–Crippen MR) is 99.8 cm³/mol. The monoisotopic (exact) mass is 404 g/mol. The highest BCUT2D eigenvalue weighted by Crippen LogP contribution is 2.30. The van der Waals surface area contributed by atoms with Gasteiger partial charge < -0.3 is 9.42 Å². The summed E-state index contributed by atoms with van der Waals surface area (Å²) in [6.07, 6.45) is 0.631. The van der Waals surface area contributed by atoms with Crippen molar-refractivity contribution in [3.05, 3.63) is 47.2 Å². The van der Waals surface area contributed by atoms with E-state index in [-0.39, 0.29) is 23.2 Å². The van der Waals surface area contributed by atoms with Gasteiger partial charge in [-0.05, 0) is 41.6 Å². The number of thiophene rings is 1. The molecule has 8 nitrogen and oxygen atoms in total. The maximum Gasteiger partial charge on any atom is 0.242 e. The van der Waals surface area contributed by atoms with Gasteiger partial charge in [0.25, 0.3) is 0 Å². The summed E-state index contributed by atoms with van der Waals surface area (Å²) in [5, 5.41) is 5.75. The first kappa shape index (κ1) is 17.8. The Morgan fingerprint density at radius 1 is 1.37 bits per heavy atom. The molecule has 10 heteroatoms. The van der Waals surface area contributed by atoms with Gasteiger partial charge in [-0.1, -0.05) is 11.2 Å². The molecule has 0 saturated carbocycles. The minimum atomic E-state index is -3.74. The minimum Gasteiger partial charge on any atom is -0.337 e. The Kier molecular flexibility index (Phi) is 4.54. The normalized spacial score (nSPS) is 13.7. The van der Waals surface area contributed by atoms with Crippen LogP contribution in [0.4, 0.5) is 5.69 Å². The van der Waals surface area contributed by atoms with Crippen molar-refractivity contribution in [1.82, 2.24) is 14.9 Å². The number of nitrogens with zero attached hydrogens (tertiary/aromatic N) is 3. The summed E-state index contributed by atoms with van der Waals surface area (Å²) in [6, 6.07) is 8.50. The SMILES string of the molecule is CC(=O)N1CCc2cc(S(=O)(=O)NCc3nc(-c4cccs4)no3)ccc21. The molecular weight excluding hydrogens is 388 g/mol. The molecule has 2 aromatic heterocycles. The van der Waals surface area contributed by atoms with Gasteiger partial charge in [-0.3, -0.25) is 4.79 Å². The Bertz CT molecular complexity index is 1090. The summed E-state index contributed by atoms with van der Waals surface area (Å²) in [5.74, 6) is 0.562. The zero-order chi connectivity index (χ0) is 19.0. The predicted octanol–water partition coefficient (Wildman–Crippen LogP) is 2.19. The van der Waals surface area contributed by atoms with Crippen LogP contribution >= 0.6 is 11.3 Å². The van der Waals surface area contributed by atoms with Gasteiger partial charge in [-0.15, -0.1) is 11.3 Å². The van der Waals surface area contributed by atoms with Crippen molar-refractivity contribution >= 4 is 33.0 Å². The second-order valence-corrected chi connectivity index (χ2v) is 8.74. The smallest absolute Gasteiger partial charge is 0.242 e. The number of nitrogens with one attached hydrogen (secondary N) is 1. The van der Waals surface area contributed by atoms with Gasteiger partial charge in [0.15, 0.2) is 0 Å². The van der Waals surface area contributed by atoms with Crippen molar-refractivity contribution < 1.29 is 17.7 Å². The minimum absolute atomic E-state index is 0.0552. The first-order valence-electron chi connectivity index (χ1n) is 8.21. The molecule has 140 valence electrons. The van der Waals surface area contributed by atoms with Gasteiger partial charge in [0.2, 0.25) is 27.6 Å². The van der Waals surface area contributed by atoms with E-state index in [9.17, 15) is 13.2 Å². The molecule has 0 spiro atoms. The molecule has 0 radical (unpaired) electrons. The van der Waals surface area contributed by atoms with Crippen LogP contribution in [0.25, 0.3) is 10.7 Å². The molecule has 3 heterocycles. The summed E-state index contributed by atoms with van der Waals surface area (Å²) in [6.45, 7) is 1.96. The number of anilines is 1. The average Bonchev–Trinajstić information content (AvgIpc) is 3.38. The van der Waals surface area contributed by atoms with E-state index in [1.807, 2.05) is 17.5 Å². The molecule has 27 heavy (non-hydrogen) atoms. The van der Waals surface area contributed by atoms with Gasteiger partial charge in [-0.25, -0.2) is 13.1 Å². The summed E-state index contributed by atoms with van der Waals surface area (Å²) >= 11 is 1.47. The van der Waals surface area contributed by atoms with Crippen molar-refractivity contribution in [2.45, 2.75) is 24.8 Å². The Balaban J connectivity index is 1.49. The van der Waals surface area contributed by atoms with Crippen molar-refractivity contribution in [2.24, 2.45) is 0 Å². The molecule has 4 rings (SSSR count). The summed E-state index contributed by atoms with van der Waals surface area (Å²) in [7, 11) is -3.74. The Morgan fingerprint density at radius 3 is 2.96 bits per heavy atom. The number of rotatable bonds is 5. The standard InChI is InChI=1S/C17H16N4O4S2/c1-11(22)21-7-6-12-9-13(4-5-14(12)21)27(23,24)18-10-16-19-17(20-25-16)15-3-2-8-26-15/h2-5,8-9,18H,6-7,10H2,1H3. The Hall–Kier alpha value is -2.56. The van der Waals surface area contributed by atoms with E-state index in [2.05, 4.69) is 14.9 Å². The molecule has 0 saturated heterocycles. The van der Waals surface area contributed by atoms with E-state index in [4.69, 9.17) is 4.52 Å². The van der Waals surface area contributed by atoms with Crippen LogP contribution in [0.2, 0.25) is 0 Å². The first-order valence-corrected chi connectivity index (χ1v) is 10.6. The highest BCUT2D eigenvalue weighted by Gasteiger charge is 2.25. The molecule has 3 aromatic rings. The molecule has 0 fully saturated rings. The van der Waals surface area contributed by atoms with E-state index in [1.54, 1.807) is 17.0 Å². The number of hydrogen-bond donors (Lipinski definition) is 1. The van der Waals surface area contributed by atoms with Crippen LogP contribution in [-0.4, -0.2) is 31.0 Å². The molecule has 0 bridgehead atoms. The molecular formula is C17H16N4O4S2. The molecule has 1 aromatic carbocycles. The van der Waals surface area contributed by atoms with E-state index in [1.165, 1.54) is 24.3 Å². The zero-order valence-corrected chi connectivity index (χ0v) is 16.0. The fraction of sp³-hybridized carbons (Fsp3) is 0.235. The topological polar surface area (TPSA) is 105 Å². The summed E-state index contributed by atoms with van der Waals surface area (Å²) in [4.78, 5) is 18.4. The van der Waals surface area contributed by atoms with E-state index >= 15 is 0 Å². The third-order valence-electron chi connectivity index (χ3n) is 4.26. The number of benzene rings is 1. The first-order chi connectivity index (χ1) is 12.9. The lowest BCUT2D eigenvalue weighted by atomic mass is 10.2. The van der Waals surface area contributed by atoms with Crippen LogP contribution in [0.3, 0.4) is 0 Å². The fourth-order valence-electron chi connectivity index (χ4n) is 2.94. The number of aromatic nitrogens is 2. The fourth-order valence-corrected chi connectivity index (χ4v) is 4.62. The molecule has 1 amide bonds. The lowest BCUT2D eigenvalue weighted by Crippen LogP contribution is -2.26. The van der Waals surface area contributed by atoms with Gasteiger partial charge in [-0.2, -0.15) is 4.98 Å². The average molecular weight is 404 g/mol. The molecule has 0 aliphatic carbocycles. The highest BCUT2D eigenvalue weighted by molar-refractivity contribution is 7.89. The molecule has 0 atom stereocenters. The van der Waals surface area contributed by atoms with Crippen LogP contribution in [0.1, 0.15) is 18.4 Å². The van der Waals surface area contributed by atoms with Crippen LogP contribution < -0.4 is 9.62 Å². The molecule has 1 N–H and O–H groups in total. The van der Waals surface area contributed by atoms with Gasteiger partial charge >= 0.3 is 0 Å². The zero-order valence-electron chi connectivity index (χ0n) is 14.4. The van der Waals surface area contributed by atoms with E-state index in [0.717, 1.165) is 16.1 Å². The number of hydrogen-bond acceptors (Lipinski definition) is 7. The Morgan fingerprint density at radius 2 is 2.22 bits per heavy atom. The number of carbonyl (C=O) groups excluding carboxylic acids is 1. The van der Waals surface area contributed by atoms with Crippen molar-refractivity contribution in [3.8, 4) is 10.7 Å². The lowest BCUT2D eigenvalue weighted by molar-refractivity contribution is -0.116. The third-order valence-corrected chi connectivity index (χ3v) is 6.52. The second kappa shape index (κ2) is 6.87. The maximum absolute atomic E-state index is 12.6. The Labute approximate surface area is 159 Å². The van der Waals surface area contributed by atoms with Gasteiger partial charge in [0.1, 0.15) is 0 Å². The second-order valence-electron chi connectivity index (χ2n) is 6.02. The summed E-state index contributed by atoms with van der Waals surface area (Å²) in [5.41, 5.74) is 1.60. The number of sulfonamides is 1. The maximum atomic E-state index is 12.6. The molecule has 1 aliphatic heterocycles. The van der Waals surface area contributed by atoms with Crippen molar-refractivity contribution in [2.75, 3.05) is 11.4 Å². The van der Waals surface area contributed by atoms with E-state index in [0.29, 0.717) is 18.8 Å². The number of carbonyl (C=O) groups is 1. The molecule has 0 unspecified atom stereocenters. The quantitative estimate of drug-likeness (QED) is 0.699. The van der Waals surface area contributed by atoms with Gasteiger partial charge in [0.05, 0.1) is 16.3 Å². The van der Waals surface area contributed by atoms with Crippen molar-refractivity contribution in [3.63, 3.8) is 0 Å². The largest absolute Gasteiger partial charge is 0.337 e. The summed E-state index contributed by atoms with van der Waals surface area (Å²) < 4.78 is 32.7.